The molecule has 2 aromatic rings. The molecule has 0 aliphatic heterocycles. The molecule has 0 unspecified atom stereocenters. The van der Waals surface area contributed by atoms with Crippen LogP contribution in [0.4, 0.5) is 0 Å². The highest BCUT2D eigenvalue weighted by molar-refractivity contribution is 5.89. The molecule has 4 N–H and O–H groups in total. The number of benzene rings is 2. The Morgan fingerprint density at radius 1 is 1.05 bits per heavy atom. The van der Waals surface area contributed by atoms with Crippen LogP contribution in [0.2, 0.25) is 0 Å². The van der Waals surface area contributed by atoms with Crippen LogP contribution in [0.5, 0.6) is 0 Å². The van der Waals surface area contributed by atoms with Gasteiger partial charge in [0.25, 0.3) is 5.91 Å². The van der Waals surface area contributed by atoms with Gasteiger partial charge in [-0.05, 0) is 25.0 Å². The lowest BCUT2D eigenvalue weighted by atomic mass is 9.84. The Morgan fingerprint density at radius 2 is 1.50 bits per heavy atom. The van der Waals surface area contributed by atoms with Crippen molar-refractivity contribution in [1.29, 1.82) is 0 Å². The van der Waals surface area contributed by atoms with Gasteiger partial charge in [0.05, 0.1) is 0 Å². The summed E-state index contributed by atoms with van der Waals surface area (Å²) in [6.45, 7) is 3.81. The Morgan fingerprint density at radius 3 is 1.85 bits per heavy atom. The number of hydrogen-bond acceptors (Lipinski definition) is 3. The van der Waals surface area contributed by atoms with Crippen molar-refractivity contribution < 1.29 is 9.90 Å². The predicted molar refractivity (Wildman–Crippen MR) is 77.7 cm³/mol. The molecule has 0 saturated carbocycles. The second-order valence-electron chi connectivity index (χ2n) is 4.92. The summed E-state index contributed by atoms with van der Waals surface area (Å²) in [6, 6.07) is 14.4. The lowest BCUT2D eigenvalue weighted by molar-refractivity contribution is -0.136. The largest absolute Gasteiger partial charge is 0.372 e. The zero-order chi connectivity index (χ0) is 14.8. The number of hydrazine groups is 1. The number of aryl methyl sites for hydroxylation is 2. The Balaban J connectivity index is 2.65. The lowest BCUT2D eigenvalue weighted by Crippen LogP contribution is -2.48. The highest BCUT2D eigenvalue weighted by Gasteiger charge is 2.39. The minimum Gasteiger partial charge on any atom is -0.372 e. The van der Waals surface area contributed by atoms with Crippen LogP contribution in [-0.4, -0.2) is 11.0 Å². The first-order valence-corrected chi connectivity index (χ1v) is 6.36. The molecule has 0 fully saturated rings. The van der Waals surface area contributed by atoms with E-state index < -0.39 is 11.5 Å². The number of nitrogens with two attached hydrogens (primary N) is 1. The van der Waals surface area contributed by atoms with Crippen LogP contribution < -0.4 is 11.3 Å². The fraction of sp³-hybridized carbons (Fsp3) is 0.188. The van der Waals surface area contributed by atoms with Gasteiger partial charge in [0.2, 0.25) is 0 Å². The molecular weight excluding hydrogens is 252 g/mol. The van der Waals surface area contributed by atoms with Crippen molar-refractivity contribution in [3.8, 4) is 0 Å². The average molecular weight is 270 g/mol. The molecule has 20 heavy (non-hydrogen) atoms. The number of hydrogen-bond donors (Lipinski definition) is 3. The minimum absolute atomic E-state index is 0.492. The molecule has 2 aromatic carbocycles. The van der Waals surface area contributed by atoms with E-state index in [4.69, 9.17) is 5.84 Å². The fourth-order valence-corrected chi connectivity index (χ4v) is 2.27. The molecule has 4 nitrogen and oxygen atoms in total. The molecule has 104 valence electrons. The molecule has 0 atom stereocenters. The van der Waals surface area contributed by atoms with E-state index in [9.17, 15) is 9.90 Å². The molecule has 0 spiro atoms. The SMILES string of the molecule is Cc1cccc(C(O)(C(=O)NN)c2cccc(C)c2)c1. The molecule has 2 rings (SSSR count). The van der Waals surface area contributed by atoms with E-state index in [1.165, 1.54) is 0 Å². The van der Waals surface area contributed by atoms with Gasteiger partial charge < -0.3 is 5.11 Å². The van der Waals surface area contributed by atoms with Crippen LogP contribution in [0.3, 0.4) is 0 Å². The van der Waals surface area contributed by atoms with E-state index in [0.29, 0.717) is 11.1 Å². The van der Waals surface area contributed by atoms with Crippen molar-refractivity contribution in [1.82, 2.24) is 5.43 Å². The first kappa shape index (κ1) is 14.2. The molecule has 0 bridgehead atoms. The summed E-state index contributed by atoms with van der Waals surface area (Å²) in [4.78, 5) is 12.2. The van der Waals surface area contributed by atoms with E-state index in [2.05, 4.69) is 5.43 Å². The lowest BCUT2D eigenvalue weighted by Gasteiger charge is -2.27. The quantitative estimate of drug-likeness (QED) is 0.450. The maximum absolute atomic E-state index is 12.2. The molecule has 0 aromatic heterocycles. The predicted octanol–water partition coefficient (Wildman–Crippen LogP) is 1.53. The van der Waals surface area contributed by atoms with Crippen LogP contribution in [0.1, 0.15) is 22.3 Å². The number of aliphatic hydroxyl groups is 1. The smallest absolute Gasteiger partial charge is 0.275 e. The maximum atomic E-state index is 12.2. The molecule has 4 heteroatoms. The van der Waals surface area contributed by atoms with Gasteiger partial charge in [-0.15, -0.1) is 0 Å². The van der Waals surface area contributed by atoms with Gasteiger partial charge in [-0.2, -0.15) is 0 Å². The Hall–Kier alpha value is -2.17. The summed E-state index contributed by atoms with van der Waals surface area (Å²) >= 11 is 0. The summed E-state index contributed by atoms with van der Waals surface area (Å²) in [7, 11) is 0. The number of nitrogens with one attached hydrogen (secondary N) is 1. The molecule has 0 aliphatic carbocycles. The zero-order valence-corrected chi connectivity index (χ0v) is 11.6. The number of carbonyl (C=O) groups is 1. The average Bonchev–Trinajstić information content (AvgIpc) is 2.45. The first-order valence-electron chi connectivity index (χ1n) is 6.36. The molecular formula is C16H18N2O2. The second kappa shape index (κ2) is 5.45. The van der Waals surface area contributed by atoms with Crippen LogP contribution in [0.25, 0.3) is 0 Å². The minimum atomic E-state index is -1.80. The molecule has 1 amide bonds. The Bertz CT molecular complexity index is 592. The van der Waals surface area contributed by atoms with Gasteiger partial charge in [0.1, 0.15) is 0 Å². The maximum Gasteiger partial charge on any atom is 0.275 e. The summed E-state index contributed by atoms with van der Waals surface area (Å²) in [6.07, 6.45) is 0. The molecule has 0 heterocycles. The van der Waals surface area contributed by atoms with Crippen LogP contribution in [0.15, 0.2) is 48.5 Å². The van der Waals surface area contributed by atoms with E-state index in [1.54, 1.807) is 36.4 Å². The van der Waals surface area contributed by atoms with E-state index in [0.717, 1.165) is 11.1 Å². The normalized spacial score (nSPS) is 11.2. The Kier molecular flexibility index (Phi) is 3.88. The Labute approximate surface area is 118 Å². The highest BCUT2D eigenvalue weighted by atomic mass is 16.3. The molecule has 0 saturated heterocycles. The van der Waals surface area contributed by atoms with E-state index in [1.807, 2.05) is 26.0 Å². The molecule has 0 radical (unpaired) electrons. The van der Waals surface area contributed by atoms with Gasteiger partial charge in [0.15, 0.2) is 5.60 Å². The van der Waals surface area contributed by atoms with E-state index in [-0.39, 0.29) is 0 Å². The van der Waals surface area contributed by atoms with Gasteiger partial charge in [-0.3, -0.25) is 10.2 Å². The fourth-order valence-electron chi connectivity index (χ4n) is 2.27. The number of amides is 1. The first-order chi connectivity index (χ1) is 9.48. The number of rotatable bonds is 3. The zero-order valence-electron chi connectivity index (χ0n) is 11.6. The second-order valence-corrected chi connectivity index (χ2v) is 4.92. The third-order valence-electron chi connectivity index (χ3n) is 3.33. The van der Waals surface area contributed by atoms with E-state index >= 15 is 0 Å². The van der Waals surface area contributed by atoms with Crippen molar-refractivity contribution in [2.75, 3.05) is 0 Å². The monoisotopic (exact) mass is 270 g/mol. The van der Waals surface area contributed by atoms with Gasteiger partial charge in [0, 0.05) is 0 Å². The molecule has 0 aliphatic rings. The van der Waals surface area contributed by atoms with Crippen molar-refractivity contribution in [2.24, 2.45) is 5.84 Å². The summed E-state index contributed by atoms with van der Waals surface area (Å²) in [5, 5.41) is 11.0. The van der Waals surface area contributed by atoms with Crippen molar-refractivity contribution >= 4 is 5.91 Å². The van der Waals surface area contributed by atoms with Crippen LogP contribution in [0, 0.1) is 13.8 Å². The van der Waals surface area contributed by atoms with Crippen molar-refractivity contribution in [3.63, 3.8) is 0 Å². The van der Waals surface area contributed by atoms with Crippen LogP contribution in [-0.2, 0) is 10.4 Å². The highest BCUT2D eigenvalue weighted by Crippen LogP contribution is 2.30. The summed E-state index contributed by atoms with van der Waals surface area (Å²) in [5.41, 5.74) is 3.15. The van der Waals surface area contributed by atoms with Crippen LogP contribution >= 0.6 is 0 Å². The van der Waals surface area contributed by atoms with Gasteiger partial charge in [-0.1, -0.05) is 59.7 Å². The van der Waals surface area contributed by atoms with Crippen molar-refractivity contribution in [3.05, 3.63) is 70.8 Å². The van der Waals surface area contributed by atoms with Gasteiger partial charge in [-0.25, -0.2) is 5.84 Å². The standard InChI is InChI=1S/C16H18N2O2/c1-11-5-3-7-13(9-11)16(20,15(19)18-17)14-8-4-6-12(2)10-14/h3-10,20H,17H2,1-2H3,(H,18,19). The summed E-state index contributed by atoms with van der Waals surface area (Å²) in [5.74, 6) is 4.59. The van der Waals surface area contributed by atoms with Crippen molar-refractivity contribution in [2.45, 2.75) is 19.4 Å². The third-order valence-corrected chi connectivity index (χ3v) is 3.33. The number of carbonyl (C=O) groups excluding carboxylic acids is 1. The topological polar surface area (TPSA) is 75.3 Å². The summed E-state index contributed by atoms with van der Waals surface area (Å²) < 4.78 is 0. The van der Waals surface area contributed by atoms with Gasteiger partial charge >= 0.3 is 0 Å². The third kappa shape index (κ3) is 2.43.